The summed E-state index contributed by atoms with van der Waals surface area (Å²) >= 11 is 0. The normalized spacial score (nSPS) is 14.3. The van der Waals surface area contributed by atoms with Gasteiger partial charge in [0.1, 0.15) is 11.5 Å². The number of benzene rings is 3. The van der Waals surface area contributed by atoms with E-state index in [1.807, 2.05) is 112 Å². The minimum Gasteiger partial charge on any atom is -0.507 e. The van der Waals surface area contributed by atoms with Crippen molar-refractivity contribution >= 4 is 0 Å². The molecule has 0 aliphatic carbocycles. The molecule has 90 heavy (non-hydrogen) atoms. The lowest BCUT2D eigenvalue weighted by atomic mass is 9.92. The Morgan fingerprint density at radius 1 is 0.544 bits per heavy atom. The molecular formula is C67H73N15O8. The summed E-state index contributed by atoms with van der Waals surface area (Å²) in [4.78, 5) is 20.9. The number of hydrogen-bond donors (Lipinski definition) is 4. The maximum atomic E-state index is 10.7. The van der Waals surface area contributed by atoms with Gasteiger partial charge in [0.15, 0.2) is 0 Å². The SMILES string of the molecule is CC(NCc1nnc(-c2cccnc2)o1)C(O)c1ccccc1.CCCC1CCN(Cc2nnc(-c3cccnc3)o2)CC1.CCc1cc(CN2CCOCC2)cc(-c2nnc(-c3cccnc3)o2)c1O.Cc1ccc(O)c(-c2nnc(-c3cccnc3)o2)c1. The van der Waals surface area contributed by atoms with Gasteiger partial charge in [0.2, 0.25) is 35.3 Å². The van der Waals surface area contributed by atoms with Crippen LogP contribution in [0.4, 0.5) is 0 Å². The van der Waals surface area contributed by atoms with Crippen LogP contribution < -0.4 is 5.32 Å². The van der Waals surface area contributed by atoms with Crippen molar-refractivity contribution in [3.8, 4) is 80.2 Å². The lowest BCUT2D eigenvalue weighted by molar-refractivity contribution is 0.0342. The zero-order valence-electron chi connectivity index (χ0n) is 50.8. The van der Waals surface area contributed by atoms with Crippen molar-refractivity contribution in [1.29, 1.82) is 0 Å². The van der Waals surface area contributed by atoms with Crippen LogP contribution in [0.2, 0.25) is 0 Å². The van der Waals surface area contributed by atoms with Gasteiger partial charge in [-0.15, -0.1) is 40.8 Å². The lowest BCUT2D eigenvalue weighted by Gasteiger charge is -2.30. The number of piperidine rings is 1. The van der Waals surface area contributed by atoms with Crippen molar-refractivity contribution < 1.29 is 37.7 Å². The standard InChI is InChI=1S/C20H22N4O3.C17H18N4O2.C16H22N4O.C14H11N3O2/c1-2-15-10-14(13-24-6-8-26-9-7-24)11-17(18(15)25)20-23-22-19(27-20)16-4-3-5-21-12-16;1-12(16(22)13-6-3-2-4-7-13)19-11-15-20-21-17(23-15)14-8-5-9-18-10-14;1-2-4-13-6-9-20(10-7-13)12-15-18-19-16(21-15)14-5-3-8-17-11-14;1-9-4-5-12(18)11(7-9)14-17-16-13(19-14)10-3-2-6-15-8-10/h3-5,10-12,25H,2,6-9,13H2,1H3;2-10,12,16,19,22H,11H2,1H3;3,5,8,11,13H,2,4,6-7,9-10,12H2,1H3;2-8,18H,1H3. The number of ether oxygens (including phenoxy) is 1. The summed E-state index contributed by atoms with van der Waals surface area (Å²) in [6.07, 6.45) is 18.9. The van der Waals surface area contributed by atoms with Crippen LogP contribution in [0.15, 0.2) is 176 Å². The number of morpholine rings is 1. The molecule has 11 aromatic rings. The first-order chi connectivity index (χ1) is 44.1. The highest BCUT2D eigenvalue weighted by Gasteiger charge is 2.23. The van der Waals surface area contributed by atoms with Crippen molar-refractivity contribution in [2.75, 3.05) is 39.4 Å². The van der Waals surface area contributed by atoms with Crippen molar-refractivity contribution in [1.82, 2.24) is 75.8 Å². The number of hydrogen-bond acceptors (Lipinski definition) is 23. The highest BCUT2D eigenvalue weighted by molar-refractivity contribution is 5.68. The number of aryl methyl sites for hydroxylation is 2. The monoisotopic (exact) mass is 1220 g/mol. The minimum atomic E-state index is -0.600. The van der Waals surface area contributed by atoms with E-state index in [9.17, 15) is 15.3 Å². The third-order valence-electron chi connectivity index (χ3n) is 15.1. The molecule has 0 spiro atoms. The summed E-state index contributed by atoms with van der Waals surface area (Å²) in [5.41, 5.74) is 8.11. The number of nitrogens with zero attached hydrogens (tertiary/aromatic N) is 14. The van der Waals surface area contributed by atoms with Crippen molar-refractivity contribution in [2.45, 2.75) is 91.6 Å². The summed E-state index contributed by atoms with van der Waals surface area (Å²) in [6.45, 7) is 15.7. The molecule has 2 fully saturated rings. The van der Waals surface area contributed by atoms with Crippen LogP contribution in [-0.4, -0.2) is 131 Å². The molecule has 8 aromatic heterocycles. The molecule has 10 heterocycles. The van der Waals surface area contributed by atoms with Gasteiger partial charge < -0.3 is 43.0 Å². The molecule has 0 amide bonds. The van der Waals surface area contributed by atoms with Crippen LogP contribution in [0.5, 0.6) is 11.5 Å². The second-order valence-electron chi connectivity index (χ2n) is 21.7. The summed E-state index contributed by atoms with van der Waals surface area (Å²) in [7, 11) is 0. The van der Waals surface area contributed by atoms with Crippen LogP contribution in [0, 0.1) is 12.8 Å². The lowest BCUT2D eigenvalue weighted by Crippen LogP contribution is -2.35. The Morgan fingerprint density at radius 2 is 1.06 bits per heavy atom. The number of likely N-dealkylation sites (tertiary alicyclic amines) is 1. The molecule has 0 radical (unpaired) electrons. The largest absolute Gasteiger partial charge is 0.507 e. The molecule has 0 saturated carbocycles. The summed E-state index contributed by atoms with van der Waals surface area (Å²) in [6, 6.07) is 33.4. The molecule has 2 saturated heterocycles. The van der Waals surface area contributed by atoms with E-state index in [1.54, 1.807) is 67.8 Å². The van der Waals surface area contributed by atoms with E-state index < -0.39 is 6.10 Å². The van der Waals surface area contributed by atoms with Gasteiger partial charge in [0.05, 0.1) is 65.8 Å². The maximum Gasteiger partial charge on any atom is 0.251 e. The third kappa shape index (κ3) is 17.5. The van der Waals surface area contributed by atoms with Gasteiger partial charge in [-0.05, 0) is 136 Å². The Hall–Kier alpha value is -9.78. The Balaban J connectivity index is 0.000000133. The van der Waals surface area contributed by atoms with E-state index in [1.165, 1.54) is 25.7 Å². The highest BCUT2D eigenvalue weighted by atomic mass is 16.5. The summed E-state index contributed by atoms with van der Waals surface area (Å²) in [5.74, 6) is 4.74. The summed E-state index contributed by atoms with van der Waals surface area (Å²) in [5, 5.41) is 66.5. The number of rotatable bonds is 18. The molecule has 4 N–H and O–H groups in total. The average Bonchev–Trinajstić information content (AvgIpc) is 2.06. The second-order valence-corrected chi connectivity index (χ2v) is 21.7. The molecule has 2 atom stereocenters. The first kappa shape index (κ1) is 63.2. The van der Waals surface area contributed by atoms with Crippen molar-refractivity contribution in [2.24, 2.45) is 5.92 Å². The molecule has 464 valence electrons. The molecule has 2 aliphatic heterocycles. The number of pyridine rings is 4. The smallest absolute Gasteiger partial charge is 0.251 e. The fourth-order valence-electron chi connectivity index (χ4n) is 10.2. The minimum absolute atomic E-state index is 0.118. The van der Waals surface area contributed by atoms with E-state index in [0.29, 0.717) is 64.8 Å². The number of phenolic OH excluding ortho intramolecular Hbond substituents is 2. The van der Waals surface area contributed by atoms with Crippen LogP contribution in [0.25, 0.3) is 68.7 Å². The first-order valence-corrected chi connectivity index (χ1v) is 30.1. The average molecular weight is 1220 g/mol. The number of aliphatic hydroxyl groups excluding tert-OH is 1. The first-order valence-electron chi connectivity index (χ1n) is 30.1. The third-order valence-corrected chi connectivity index (χ3v) is 15.1. The maximum absolute atomic E-state index is 10.7. The van der Waals surface area contributed by atoms with Gasteiger partial charge in [0, 0.05) is 75.3 Å². The Labute approximate surface area is 521 Å². The number of aromatic nitrogens is 12. The topological polar surface area (TPSA) is 296 Å². The van der Waals surface area contributed by atoms with Gasteiger partial charge in [0.25, 0.3) is 11.8 Å². The Bertz CT molecular complexity index is 3900. The Kier molecular flexibility index (Phi) is 22.4. The molecule has 3 aromatic carbocycles. The van der Waals surface area contributed by atoms with Gasteiger partial charge >= 0.3 is 0 Å². The Morgan fingerprint density at radius 3 is 1.60 bits per heavy atom. The van der Waals surface area contributed by atoms with E-state index in [0.717, 1.165) is 109 Å². The van der Waals surface area contributed by atoms with Crippen molar-refractivity contribution in [3.63, 3.8) is 0 Å². The molecular weight excluding hydrogens is 1140 g/mol. The van der Waals surface area contributed by atoms with Gasteiger partial charge in [-0.25, -0.2) is 0 Å². The van der Waals surface area contributed by atoms with E-state index in [2.05, 4.69) is 82.8 Å². The second kappa shape index (κ2) is 31.9. The molecule has 2 unspecified atom stereocenters. The van der Waals surface area contributed by atoms with Crippen LogP contribution in [0.3, 0.4) is 0 Å². The predicted molar refractivity (Wildman–Crippen MR) is 335 cm³/mol. The number of phenols is 2. The quantitative estimate of drug-likeness (QED) is 0.0620. The van der Waals surface area contributed by atoms with E-state index >= 15 is 0 Å². The molecule has 13 rings (SSSR count). The van der Waals surface area contributed by atoms with Gasteiger partial charge in [-0.3, -0.25) is 29.7 Å². The number of nitrogens with one attached hydrogen (secondary N) is 1. The summed E-state index contributed by atoms with van der Waals surface area (Å²) < 4.78 is 28.2. The molecule has 23 nitrogen and oxygen atoms in total. The van der Waals surface area contributed by atoms with Gasteiger partial charge in [-0.2, -0.15) is 0 Å². The molecule has 2 aliphatic rings. The van der Waals surface area contributed by atoms with E-state index in [-0.39, 0.29) is 17.5 Å². The highest BCUT2D eigenvalue weighted by Crippen LogP contribution is 2.36. The zero-order chi connectivity index (χ0) is 62.4. The zero-order valence-corrected chi connectivity index (χ0v) is 50.8. The van der Waals surface area contributed by atoms with Crippen LogP contribution in [-0.2, 0) is 30.8 Å². The van der Waals surface area contributed by atoms with Crippen LogP contribution in [0.1, 0.15) is 86.6 Å². The molecule has 0 bridgehead atoms. The van der Waals surface area contributed by atoms with Crippen molar-refractivity contribution in [3.05, 3.63) is 193 Å². The van der Waals surface area contributed by atoms with Crippen LogP contribution >= 0.6 is 0 Å². The number of aromatic hydroxyl groups is 2. The fourth-order valence-corrected chi connectivity index (χ4v) is 10.2. The van der Waals surface area contributed by atoms with E-state index in [4.69, 9.17) is 22.4 Å². The fraction of sp³-hybridized carbons (Fsp3) is 0.313. The van der Waals surface area contributed by atoms with Gasteiger partial charge in [-0.1, -0.05) is 74.7 Å². The predicted octanol–water partition coefficient (Wildman–Crippen LogP) is 11.2. The molecule has 23 heteroatoms. The number of aliphatic hydroxyl groups is 1.